The standard InChI is InChI=1S/C31H39N3O6S2/c1-32(42(37,38)28-12-7-4-8-13-28)22-26(29-14-9-21-41-29)15-18-33-19-16-27(17-20-33)34(23-30(35)39-2)31(36)40-24-25-10-5-3-6-11-25/h3-14,21,26-27H,15-20,22-24H2,1-2H3. The molecule has 1 aliphatic heterocycles. The van der Waals surface area contributed by atoms with Gasteiger partial charge in [-0.05, 0) is 54.9 Å². The molecule has 42 heavy (non-hydrogen) atoms. The number of sulfonamides is 1. The zero-order chi connectivity index (χ0) is 30.0. The van der Waals surface area contributed by atoms with Gasteiger partial charge in [0.05, 0.1) is 12.0 Å². The highest BCUT2D eigenvalue weighted by Crippen LogP contribution is 2.28. The van der Waals surface area contributed by atoms with Crippen LogP contribution in [-0.2, 0) is 30.9 Å². The number of esters is 1. The highest BCUT2D eigenvalue weighted by Gasteiger charge is 2.32. The Labute approximate surface area is 252 Å². The first-order valence-electron chi connectivity index (χ1n) is 14.1. The lowest BCUT2D eigenvalue weighted by Crippen LogP contribution is -2.49. The zero-order valence-electron chi connectivity index (χ0n) is 24.1. The van der Waals surface area contributed by atoms with Crippen LogP contribution < -0.4 is 0 Å². The monoisotopic (exact) mass is 613 g/mol. The summed E-state index contributed by atoms with van der Waals surface area (Å²) in [5.74, 6) is -0.433. The molecule has 0 radical (unpaired) electrons. The first-order chi connectivity index (χ1) is 20.3. The van der Waals surface area contributed by atoms with Crippen molar-refractivity contribution in [2.45, 2.75) is 42.7 Å². The number of likely N-dealkylation sites (N-methyl/N-ethyl adjacent to an activating group) is 1. The highest BCUT2D eigenvalue weighted by atomic mass is 32.2. The molecule has 3 aromatic rings. The third-order valence-corrected chi connectivity index (χ3v) is 10.5. The fraction of sp³-hybridized carbons (Fsp3) is 0.419. The van der Waals surface area contributed by atoms with Crippen LogP contribution in [0, 0.1) is 0 Å². The van der Waals surface area contributed by atoms with E-state index in [-0.39, 0.29) is 25.1 Å². The van der Waals surface area contributed by atoms with Crippen molar-refractivity contribution >= 4 is 33.4 Å². The number of hydrogen-bond acceptors (Lipinski definition) is 8. The summed E-state index contributed by atoms with van der Waals surface area (Å²) >= 11 is 1.64. The molecule has 0 bridgehead atoms. The van der Waals surface area contributed by atoms with Crippen molar-refractivity contribution in [3.8, 4) is 0 Å². The molecule has 11 heteroatoms. The van der Waals surface area contributed by atoms with Crippen LogP contribution in [0.3, 0.4) is 0 Å². The van der Waals surface area contributed by atoms with E-state index in [0.717, 1.165) is 36.5 Å². The van der Waals surface area contributed by atoms with Crippen molar-refractivity contribution in [3.05, 3.63) is 88.6 Å². The van der Waals surface area contributed by atoms with Crippen LogP contribution in [0.2, 0.25) is 0 Å². The van der Waals surface area contributed by atoms with Crippen LogP contribution in [0.25, 0.3) is 0 Å². The fourth-order valence-corrected chi connectivity index (χ4v) is 7.26. The first-order valence-corrected chi connectivity index (χ1v) is 16.4. The van der Waals surface area contributed by atoms with Gasteiger partial charge in [0.1, 0.15) is 13.2 Å². The number of carbonyl (C=O) groups is 2. The lowest BCUT2D eigenvalue weighted by Gasteiger charge is -2.38. The van der Waals surface area contributed by atoms with E-state index in [9.17, 15) is 18.0 Å². The van der Waals surface area contributed by atoms with E-state index in [1.807, 2.05) is 41.8 Å². The van der Waals surface area contributed by atoms with Crippen molar-refractivity contribution in [1.29, 1.82) is 0 Å². The van der Waals surface area contributed by atoms with Crippen LogP contribution >= 0.6 is 11.3 Å². The molecule has 2 heterocycles. The Morgan fingerprint density at radius 1 is 1.00 bits per heavy atom. The number of likely N-dealkylation sites (tertiary alicyclic amines) is 1. The summed E-state index contributed by atoms with van der Waals surface area (Å²) in [6, 6.07) is 21.9. The Hall–Kier alpha value is -3.25. The van der Waals surface area contributed by atoms with Crippen molar-refractivity contribution in [2.24, 2.45) is 0 Å². The van der Waals surface area contributed by atoms with Gasteiger partial charge in [-0.25, -0.2) is 17.5 Å². The van der Waals surface area contributed by atoms with E-state index in [4.69, 9.17) is 9.47 Å². The van der Waals surface area contributed by atoms with Gasteiger partial charge in [-0.1, -0.05) is 54.6 Å². The Morgan fingerprint density at radius 2 is 1.67 bits per heavy atom. The summed E-state index contributed by atoms with van der Waals surface area (Å²) in [5.41, 5.74) is 0.876. The number of rotatable bonds is 13. The molecule has 1 fully saturated rings. The molecule has 226 valence electrons. The second-order valence-corrected chi connectivity index (χ2v) is 13.4. The Kier molecular flexibility index (Phi) is 11.5. The highest BCUT2D eigenvalue weighted by molar-refractivity contribution is 7.89. The number of hydrogen-bond donors (Lipinski definition) is 0. The van der Waals surface area contributed by atoms with E-state index < -0.39 is 22.1 Å². The quantitative estimate of drug-likeness (QED) is 0.255. The number of piperidine rings is 1. The maximum absolute atomic E-state index is 13.2. The van der Waals surface area contributed by atoms with E-state index in [1.165, 1.54) is 16.3 Å². The van der Waals surface area contributed by atoms with Gasteiger partial charge in [-0.3, -0.25) is 9.69 Å². The molecule has 0 aliphatic carbocycles. The number of methoxy groups -OCH3 is 1. The number of benzene rings is 2. The summed E-state index contributed by atoms with van der Waals surface area (Å²) in [7, 11) is -0.640. The third kappa shape index (κ3) is 8.64. The van der Waals surface area contributed by atoms with Crippen LogP contribution in [0.15, 0.2) is 83.1 Å². The molecular weight excluding hydrogens is 574 g/mol. The van der Waals surface area contributed by atoms with Crippen molar-refractivity contribution in [3.63, 3.8) is 0 Å². The minimum Gasteiger partial charge on any atom is -0.468 e. The second-order valence-electron chi connectivity index (χ2n) is 10.4. The second kappa shape index (κ2) is 15.3. The average Bonchev–Trinajstić information content (AvgIpc) is 3.57. The number of thiophene rings is 1. The van der Waals surface area contributed by atoms with Gasteiger partial charge in [0, 0.05) is 43.5 Å². The van der Waals surface area contributed by atoms with Crippen molar-refractivity contribution < 1.29 is 27.5 Å². The number of ether oxygens (including phenoxy) is 2. The normalized spacial score (nSPS) is 15.3. The molecule has 0 spiro atoms. The maximum Gasteiger partial charge on any atom is 0.410 e. The van der Waals surface area contributed by atoms with Crippen molar-refractivity contribution in [1.82, 2.24) is 14.1 Å². The van der Waals surface area contributed by atoms with E-state index in [0.29, 0.717) is 24.3 Å². The molecule has 1 aromatic heterocycles. The zero-order valence-corrected chi connectivity index (χ0v) is 25.8. The smallest absolute Gasteiger partial charge is 0.410 e. The van der Waals surface area contributed by atoms with Gasteiger partial charge >= 0.3 is 12.1 Å². The van der Waals surface area contributed by atoms with Gasteiger partial charge in [0.2, 0.25) is 10.0 Å². The predicted molar refractivity (Wildman–Crippen MR) is 163 cm³/mol. The first kappa shape index (κ1) is 31.7. The summed E-state index contributed by atoms with van der Waals surface area (Å²) in [6.07, 6.45) is 1.67. The van der Waals surface area contributed by atoms with E-state index in [1.54, 1.807) is 48.7 Å². The van der Waals surface area contributed by atoms with Crippen LogP contribution in [0.4, 0.5) is 4.79 Å². The minimum absolute atomic E-state index is 0.0509. The molecule has 2 aromatic carbocycles. The maximum atomic E-state index is 13.2. The SMILES string of the molecule is COC(=O)CN(C(=O)OCc1ccccc1)C1CCN(CCC(CN(C)S(=O)(=O)c2ccccc2)c2cccs2)CC1. The Morgan fingerprint density at radius 3 is 2.29 bits per heavy atom. The molecular formula is C31H39N3O6S2. The molecule has 4 rings (SSSR count). The fourth-order valence-electron chi connectivity index (χ4n) is 5.17. The van der Waals surface area contributed by atoms with Crippen LogP contribution in [-0.4, -0.2) is 87.5 Å². The molecule has 0 saturated carbocycles. The topological polar surface area (TPSA) is 96.5 Å². The minimum atomic E-state index is -3.59. The largest absolute Gasteiger partial charge is 0.468 e. The number of nitrogens with zero attached hydrogens (tertiary/aromatic N) is 3. The molecule has 0 N–H and O–H groups in total. The summed E-state index contributed by atoms with van der Waals surface area (Å²) in [6.45, 7) is 2.66. The van der Waals surface area contributed by atoms with Gasteiger partial charge in [0.15, 0.2) is 0 Å². The van der Waals surface area contributed by atoms with Gasteiger partial charge in [0.25, 0.3) is 0 Å². The Balaban J connectivity index is 1.33. The summed E-state index contributed by atoms with van der Waals surface area (Å²) in [5, 5.41) is 2.02. The lowest BCUT2D eigenvalue weighted by atomic mass is 10.00. The predicted octanol–water partition coefficient (Wildman–Crippen LogP) is 4.82. The molecule has 1 atom stereocenters. The van der Waals surface area contributed by atoms with Gasteiger partial charge in [-0.15, -0.1) is 11.3 Å². The summed E-state index contributed by atoms with van der Waals surface area (Å²) in [4.78, 5) is 30.4. The van der Waals surface area contributed by atoms with Gasteiger partial charge in [-0.2, -0.15) is 0 Å². The van der Waals surface area contributed by atoms with Gasteiger partial charge < -0.3 is 14.4 Å². The number of carbonyl (C=O) groups excluding carboxylic acids is 2. The molecule has 1 saturated heterocycles. The molecule has 9 nitrogen and oxygen atoms in total. The molecule has 1 unspecified atom stereocenters. The summed E-state index contributed by atoms with van der Waals surface area (Å²) < 4.78 is 38.2. The average molecular weight is 614 g/mol. The van der Waals surface area contributed by atoms with E-state index in [2.05, 4.69) is 11.0 Å². The lowest BCUT2D eigenvalue weighted by molar-refractivity contribution is -0.142. The molecule has 1 aliphatic rings. The van der Waals surface area contributed by atoms with Crippen LogP contribution in [0.5, 0.6) is 0 Å². The van der Waals surface area contributed by atoms with Crippen molar-refractivity contribution in [2.75, 3.05) is 46.9 Å². The van der Waals surface area contributed by atoms with Crippen LogP contribution in [0.1, 0.15) is 35.6 Å². The molecule has 1 amide bonds. The van der Waals surface area contributed by atoms with E-state index >= 15 is 0 Å². The number of amides is 1. The Bertz CT molecular complexity index is 1360. The third-order valence-electron chi connectivity index (χ3n) is 7.63.